The maximum atomic E-state index is 12.9. The lowest BCUT2D eigenvalue weighted by Gasteiger charge is -2.34. The van der Waals surface area contributed by atoms with Crippen LogP contribution in [0, 0.1) is 6.92 Å². The van der Waals surface area contributed by atoms with Crippen LogP contribution in [0.3, 0.4) is 0 Å². The number of ether oxygens (including phenoxy) is 3. The van der Waals surface area contributed by atoms with Gasteiger partial charge in [-0.05, 0) is 78.5 Å². The van der Waals surface area contributed by atoms with Crippen LogP contribution in [0.4, 0.5) is 11.4 Å². The van der Waals surface area contributed by atoms with E-state index in [2.05, 4.69) is 26.6 Å². The summed E-state index contributed by atoms with van der Waals surface area (Å²) in [5, 5.41) is 5.94. The molecular weight excluding hydrogens is 608 g/mol. The maximum absolute atomic E-state index is 12.9. The van der Waals surface area contributed by atoms with Gasteiger partial charge >= 0.3 is 11.9 Å². The highest BCUT2D eigenvalue weighted by Crippen LogP contribution is 2.43. The van der Waals surface area contributed by atoms with Gasteiger partial charge in [-0.2, -0.15) is 0 Å². The second kappa shape index (κ2) is 11.6. The monoisotopic (exact) mass is 636 g/mol. The summed E-state index contributed by atoms with van der Waals surface area (Å²) in [6.07, 6.45) is 2.52. The van der Waals surface area contributed by atoms with E-state index in [1.807, 2.05) is 37.3 Å². The molecule has 0 saturated heterocycles. The molecule has 0 aromatic heterocycles. The van der Waals surface area contributed by atoms with Crippen LogP contribution in [0.2, 0.25) is 0 Å². The van der Waals surface area contributed by atoms with Gasteiger partial charge in [-0.15, -0.1) is 11.8 Å². The van der Waals surface area contributed by atoms with Gasteiger partial charge in [-0.3, -0.25) is 9.59 Å². The summed E-state index contributed by atoms with van der Waals surface area (Å²) in [5.41, 5.74) is 3.71. The van der Waals surface area contributed by atoms with Crippen molar-refractivity contribution in [2.45, 2.75) is 44.6 Å². The first kappa shape index (κ1) is 28.8. The number of methoxy groups -OCH3 is 1. The van der Waals surface area contributed by atoms with Crippen LogP contribution >= 0.6 is 27.7 Å². The van der Waals surface area contributed by atoms with E-state index in [-0.39, 0.29) is 23.7 Å². The third kappa shape index (κ3) is 5.99. The molecule has 2 aliphatic heterocycles. The number of hydrogen-bond acceptors (Lipinski definition) is 8. The van der Waals surface area contributed by atoms with Gasteiger partial charge < -0.3 is 24.8 Å². The number of allylic oxidation sites excluding steroid dienone is 1. The number of amides is 1. The molecule has 8 nitrogen and oxygen atoms in total. The van der Waals surface area contributed by atoms with Gasteiger partial charge in [0.15, 0.2) is 0 Å². The first-order valence-electron chi connectivity index (χ1n) is 13.0. The number of fused-ring (bicyclic) bond motifs is 1. The Bertz CT molecular complexity index is 1580. The molecule has 10 heteroatoms. The fourth-order valence-electron chi connectivity index (χ4n) is 4.69. The Morgan fingerprint density at radius 1 is 1.10 bits per heavy atom. The molecule has 0 radical (unpaired) electrons. The highest BCUT2D eigenvalue weighted by Gasteiger charge is 2.35. The van der Waals surface area contributed by atoms with Crippen molar-refractivity contribution in [3.63, 3.8) is 0 Å². The Labute approximate surface area is 251 Å². The van der Waals surface area contributed by atoms with E-state index in [0.717, 1.165) is 9.38 Å². The minimum absolute atomic E-state index is 0.0679. The average Bonchev–Trinajstić information content (AvgIpc) is 3.38. The van der Waals surface area contributed by atoms with Crippen LogP contribution in [0.25, 0.3) is 11.1 Å². The summed E-state index contributed by atoms with van der Waals surface area (Å²) in [4.78, 5) is 38.6. The molecule has 2 N–H and O–H groups in total. The molecule has 1 atom stereocenters. The normalized spacial score (nSPS) is 17.0. The molecule has 5 rings (SSSR count). The van der Waals surface area contributed by atoms with E-state index in [4.69, 9.17) is 14.2 Å². The number of benzene rings is 3. The van der Waals surface area contributed by atoms with E-state index in [0.29, 0.717) is 51.5 Å². The molecule has 2 aliphatic rings. The maximum Gasteiger partial charge on any atom is 0.343 e. The van der Waals surface area contributed by atoms with Crippen LogP contribution in [-0.4, -0.2) is 35.7 Å². The van der Waals surface area contributed by atoms with E-state index in [1.165, 1.54) is 18.9 Å². The van der Waals surface area contributed by atoms with Crippen molar-refractivity contribution in [1.29, 1.82) is 0 Å². The Balaban J connectivity index is 1.49. The lowest BCUT2D eigenvalue weighted by molar-refractivity contribution is -0.144. The van der Waals surface area contributed by atoms with Crippen LogP contribution in [0.5, 0.6) is 11.5 Å². The molecule has 3 aromatic rings. The molecular formula is C31H29BrN2O6S. The molecule has 0 aliphatic carbocycles. The Morgan fingerprint density at radius 3 is 2.56 bits per heavy atom. The first-order chi connectivity index (χ1) is 19.6. The van der Waals surface area contributed by atoms with Crippen molar-refractivity contribution in [1.82, 2.24) is 0 Å². The second-order valence-corrected chi connectivity index (χ2v) is 12.9. The zero-order valence-electron chi connectivity index (χ0n) is 23.0. The lowest BCUT2D eigenvalue weighted by atomic mass is 9.92. The molecule has 1 unspecified atom stereocenters. The molecule has 1 amide bonds. The van der Waals surface area contributed by atoms with E-state index >= 15 is 0 Å². The molecule has 0 fully saturated rings. The van der Waals surface area contributed by atoms with Crippen molar-refractivity contribution < 1.29 is 28.6 Å². The predicted octanol–water partition coefficient (Wildman–Crippen LogP) is 6.82. The van der Waals surface area contributed by atoms with Crippen LogP contribution in [-0.2, 0) is 20.9 Å². The molecule has 41 heavy (non-hydrogen) atoms. The van der Waals surface area contributed by atoms with Gasteiger partial charge in [0.1, 0.15) is 28.9 Å². The summed E-state index contributed by atoms with van der Waals surface area (Å²) in [7, 11) is 1.53. The topological polar surface area (TPSA) is 103 Å². The van der Waals surface area contributed by atoms with Crippen molar-refractivity contribution >= 4 is 56.9 Å². The van der Waals surface area contributed by atoms with Gasteiger partial charge in [0.25, 0.3) is 0 Å². The van der Waals surface area contributed by atoms with E-state index < -0.39 is 11.5 Å². The molecule has 0 saturated carbocycles. The number of rotatable bonds is 7. The summed E-state index contributed by atoms with van der Waals surface area (Å²) in [6.45, 7) is 5.36. The molecule has 3 aromatic carbocycles. The number of aryl methyl sites for hydroxylation is 1. The number of nitrogens with one attached hydrogen (secondary N) is 2. The largest absolute Gasteiger partial charge is 0.496 e. The fraction of sp³-hybridized carbons (Fsp3) is 0.258. The van der Waals surface area contributed by atoms with Gasteiger partial charge in [0.05, 0.1) is 24.0 Å². The minimum atomic E-state index is -0.818. The number of carbonyl (C=O) groups excluding carboxylic acids is 3. The molecule has 0 bridgehead atoms. The zero-order chi connectivity index (χ0) is 29.3. The molecule has 0 spiro atoms. The predicted molar refractivity (Wildman–Crippen MR) is 164 cm³/mol. The van der Waals surface area contributed by atoms with E-state index in [9.17, 15) is 14.4 Å². The van der Waals surface area contributed by atoms with Gasteiger partial charge in [-0.25, -0.2) is 4.79 Å². The highest BCUT2D eigenvalue weighted by molar-refractivity contribution is 9.14. The number of thioether (sulfide) groups is 1. The minimum Gasteiger partial charge on any atom is -0.496 e. The average molecular weight is 638 g/mol. The lowest BCUT2D eigenvalue weighted by Crippen LogP contribution is -2.47. The van der Waals surface area contributed by atoms with Crippen molar-refractivity contribution in [3.8, 4) is 22.6 Å². The quantitative estimate of drug-likeness (QED) is 0.215. The third-order valence-electron chi connectivity index (χ3n) is 6.97. The smallest absolute Gasteiger partial charge is 0.343 e. The summed E-state index contributed by atoms with van der Waals surface area (Å²) in [6, 6.07) is 16.1. The summed E-state index contributed by atoms with van der Waals surface area (Å²) >= 11 is 4.83. The van der Waals surface area contributed by atoms with Gasteiger partial charge in [-0.1, -0.05) is 30.3 Å². The first-order valence-corrected chi connectivity index (χ1v) is 14.7. The zero-order valence-corrected chi connectivity index (χ0v) is 25.4. The Hall–Kier alpha value is -3.76. The molecule has 2 heterocycles. The van der Waals surface area contributed by atoms with Crippen LogP contribution in [0.1, 0.15) is 41.8 Å². The highest BCUT2D eigenvalue weighted by atomic mass is 79.9. The number of anilines is 2. The van der Waals surface area contributed by atoms with Gasteiger partial charge in [0, 0.05) is 21.0 Å². The molecule has 212 valence electrons. The van der Waals surface area contributed by atoms with Crippen molar-refractivity contribution in [2.75, 3.05) is 17.7 Å². The Morgan fingerprint density at radius 2 is 1.85 bits per heavy atom. The van der Waals surface area contributed by atoms with Crippen LogP contribution in [0.15, 0.2) is 64.5 Å². The van der Waals surface area contributed by atoms with Gasteiger partial charge in [0.2, 0.25) is 5.91 Å². The summed E-state index contributed by atoms with van der Waals surface area (Å²) in [5.74, 6) is -0.258. The number of hydrogen-bond donors (Lipinski definition) is 2. The second-order valence-electron chi connectivity index (χ2n) is 10.2. The van der Waals surface area contributed by atoms with E-state index in [1.54, 1.807) is 44.2 Å². The van der Waals surface area contributed by atoms with Crippen molar-refractivity contribution in [3.05, 3.63) is 81.2 Å². The third-order valence-corrected chi connectivity index (χ3v) is 8.92. The SMILES string of the molecule is COc1cc(OC(=O)c2ccccc2C)ccc1-c1ccc2c(c1COC(=O)C1CC=C(Br)S1)NC(=O)C(C)(C)N2. The number of esters is 2. The standard InChI is InChI=1S/C31H29BrN2O6S/c1-17-7-5-6-8-19(17)28(35)40-18-9-10-21(24(15-18)38-4)20-11-12-23-27(33-30(37)31(2,3)34-23)22(20)16-39-29(36)25-13-14-26(32)41-25/h5-12,14-15,25,34H,13,16H2,1-4H3,(H,33,37). The summed E-state index contributed by atoms with van der Waals surface area (Å²) < 4.78 is 18.0. The number of carbonyl (C=O) groups is 3. The fourth-order valence-corrected chi connectivity index (χ4v) is 6.38. The Kier molecular flexibility index (Phi) is 8.15. The number of halogens is 1. The van der Waals surface area contributed by atoms with Crippen molar-refractivity contribution in [2.24, 2.45) is 0 Å². The van der Waals surface area contributed by atoms with Crippen LogP contribution < -0.4 is 20.1 Å².